The molecular formula is C52H32N4O. The van der Waals surface area contributed by atoms with Gasteiger partial charge in [-0.25, -0.2) is 9.97 Å². The first-order chi connectivity index (χ1) is 28.2. The maximum Gasteiger partial charge on any atom is 0.160 e. The maximum absolute atomic E-state index is 6.49. The van der Waals surface area contributed by atoms with Crippen LogP contribution in [-0.4, -0.2) is 19.1 Å². The molecule has 4 heterocycles. The van der Waals surface area contributed by atoms with Crippen LogP contribution in [0.1, 0.15) is 0 Å². The third-order valence-electron chi connectivity index (χ3n) is 11.3. The van der Waals surface area contributed by atoms with Crippen LogP contribution in [0.5, 0.6) is 0 Å². The molecule has 266 valence electrons. The Morgan fingerprint density at radius 1 is 0.316 bits per heavy atom. The number of aromatic nitrogens is 4. The van der Waals surface area contributed by atoms with Gasteiger partial charge in [-0.2, -0.15) is 0 Å². The molecule has 0 N–H and O–H groups in total. The fourth-order valence-corrected chi connectivity index (χ4v) is 8.70. The highest BCUT2D eigenvalue weighted by Crippen LogP contribution is 2.42. The zero-order valence-corrected chi connectivity index (χ0v) is 30.7. The predicted molar refractivity (Wildman–Crippen MR) is 234 cm³/mol. The molecule has 57 heavy (non-hydrogen) atoms. The molecule has 8 aromatic carbocycles. The van der Waals surface area contributed by atoms with Crippen molar-refractivity contribution < 1.29 is 4.42 Å². The molecule has 0 saturated heterocycles. The van der Waals surface area contributed by atoms with Crippen molar-refractivity contribution >= 4 is 65.6 Å². The minimum Gasteiger partial charge on any atom is -0.456 e. The standard InChI is InChI=1S/C52H32N4O/c1-4-15-33(16-5-1)44-31-45(34-17-6-2-7-18-34)54-52(53-44)35-19-14-22-37(27-35)56-47-29-43-39-24-11-13-26-50(39)57-51(43)30-42(47)41-28-40-38-23-10-12-25-46(38)55(48(40)32-49(41)56)36-20-8-3-9-21-36/h1-32H. The number of nitrogens with zero attached hydrogens (tertiary/aromatic N) is 4. The second kappa shape index (κ2) is 12.4. The summed E-state index contributed by atoms with van der Waals surface area (Å²) in [4.78, 5) is 10.4. The average molecular weight is 729 g/mol. The lowest BCUT2D eigenvalue weighted by atomic mass is 10.1. The van der Waals surface area contributed by atoms with Crippen LogP contribution in [0.3, 0.4) is 0 Å². The van der Waals surface area contributed by atoms with Gasteiger partial charge in [0.2, 0.25) is 0 Å². The SMILES string of the molecule is c1ccc(-c2cc(-c3ccccc3)nc(-c3cccc(-n4c5cc6c(cc5c5cc7c8ccccc8n(-c8ccccc8)c7cc54)oc4ccccc46)c3)n2)cc1. The lowest BCUT2D eigenvalue weighted by molar-refractivity contribution is 0.669. The molecule has 0 spiro atoms. The Kier molecular flexibility index (Phi) is 6.86. The fourth-order valence-electron chi connectivity index (χ4n) is 8.70. The van der Waals surface area contributed by atoms with E-state index >= 15 is 0 Å². The summed E-state index contributed by atoms with van der Waals surface area (Å²) in [6.07, 6.45) is 0. The minimum absolute atomic E-state index is 0.674. The van der Waals surface area contributed by atoms with E-state index in [1.807, 2.05) is 24.3 Å². The van der Waals surface area contributed by atoms with Crippen LogP contribution in [0.2, 0.25) is 0 Å². The van der Waals surface area contributed by atoms with Crippen LogP contribution in [0.4, 0.5) is 0 Å². The first-order valence-corrected chi connectivity index (χ1v) is 19.2. The monoisotopic (exact) mass is 728 g/mol. The van der Waals surface area contributed by atoms with Crippen LogP contribution >= 0.6 is 0 Å². The Labute approximate surface area is 327 Å². The summed E-state index contributed by atoms with van der Waals surface area (Å²) >= 11 is 0. The maximum atomic E-state index is 6.49. The molecule has 0 bridgehead atoms. The molecule has 0 aliphatic heterocycles. The van der Waals surface area contributed by atoms with Gasteiger partial charge >= 0.3 is 0 Å². The van der Waals surface area contributed by atoms with Crippen molar-refractivity contribution in [1.29, 1.82) is 0 Å². The van der Waals surface area contributed by atoms with E-state index in [0.29, 0.717) is 5.82 Å². The largest absolute Gasteiger partial charge is 0.456 e. The molecule has 0 unspecified atom stereocenters. The highest BCUT2D eigenvalue weighted by atomic mass is 16.3. The molecule has 0 radical (unpaired) electrons. The van der Waals surface area contributed by atoms with Gasteiger partial charge in [-0.3, -0.25) is 0 Å². The molecule has 5 nitrogen and oxygen atoms in total. The van der Waals surface area contributed by atoms with Crippen molar-refractivity contribution in [3.63, 3.8) is 0 Å². The average Bonchev–Trinajstić information content (AvgIpc) is 3.92. The zero-order valence-electron chi connectivity index (χ0n) is 30.7. The number of furan rings is 1. The van der Waals surface area contributed by atoms with Crippen molar-refractivity contribution in [3.05, 3.63) is 194 Å². The van der Waals surface area contributed by atoms with Gasteiger partial charge < -0.3 is 13.6 Å². The van der Waals surface area contributed by atoms with E-state index in [2.05, 4.69) is 179 Å². The van der Waals surface area contributed by atoms with Crippen molar-refractivity contribution in [1.82, 2.24) is 19.1 Å². The Hall–Kier alpha value is -7.76. The first-order valence-electron chi connectivity index (χ1n) is 19.2. The van der Waals surface area contributed by atoms with Crippen LogP contribution < -0.4 is 0 Å². The number of rotatable bonds is 5. The van der Waals surface area contributed by atoms with Gasteiger partial charge in [0, 0.05) is 60.4 Å². The van der Waals surface area contributed by atoms with E-state index < -0.39 is 0 Å². The van der Waals surface area contributed by atoms with Crippen molar-refractivity contribution in [2.45, 2.75) is 0 Å². The second-order valence-corrected chi connectivity index (χ2v) is 14.6. The summed E-state index contributed by atoms with van der Waals surface area (Å²) in [5, 5.41) is 6.92. The van der Waals surface area contributed by atoms with Gasteiger partial charge in [0.25, 0.3) is 0 Å². The van der Waals surface area contributed by atoms with Gasteiger partial charge in [-0.15, -0.1) is 0 Å². The number of fused-ring (bicyclic) bond motifs is 9. The lowest BCUT2D eigenvalue weighted by Gasteiger charge is -2.13. The molecule has 4 aromatic heterocycles. The highest BCUT2D eigenvalue weighted by Gasteiger charge is 2.21. The topological polar surface area (TPSA) is 48.8 Å². The Morgan fingerprint density at radius 3 is 1.60 bits per heavy atom. The van der Waals surface area contributed by atoms with Gasteiger partial charge in [0.15, 0.2) is 5.82 Å². The van der Waals surface area contributed by atoms with E-state index in [0.717, 1.165) is 88.7 Å². The van der Waals surface area contributed by atoms with Crippen molar-refractivity contribution in [3.8, 4) is 45.3 Å². The number of para-hydroxylation sites is 3. The van der Waals surface area contributed by atoms with E-state index in [1.54, 1.807) is 0 Å². The molecule has 0 amide bonds. The molecule has 0 aliphatic rings. The molecule has 5 heteroatoms. The van der Waals surface area contributed by atoms with Crippen LogP contribution in [0.25, 0.3) is 111 Å². The van der Waals surface area contributed by atoms with Crippen molar-refractivity contribution in [2.75, 3.05) is 0 Å². The summed E-state index contributed by atoms with van der Waals surface area (Å²) in [5.74, 6) is 0.674. The first kappa shape index (κ1) is 31.6. The normalized spacial score (nSPS) is 11.9. The van der Waals surface area contributed by atoms with Crippen LogP contribution in [0, 0.1) is 0 Å². The molecular weight excluding hydrogens is 697 g/mol. The second-order valence-electron chi connectivity index (χ2n) is 14.6. The van der Waals surface area contributed by atoms with Crippen molar-refractivity contribution in [2.24, 2.45) is 0 Å². The number of hydrogen-bond donors (Lipinski definition) is 0. The Bertz CT molecular complexity index is 3450. The van der Waals surface area contributed by atoms with Gasteiger partial charge in [0.1, 0.15) is 11.2 Å². The zero-order chi connectivity index (χ0) is 37.5. The summed E-state index contributed by atoms with van der Waals surface area (Å²) < 4.78 is 11.3. The molecule has 12 aromatic rings. The third kappa shape index (κ3) is 4.96. The molecule has 0 saturated carbocycles. The van der Waals surface area contributed by atoms with E-state index in [-0.39, 0.29) is 0 Å². The summed E-state index contributed by atoms with van der Waals surface area (Å²) in [7, 11) is 0. The van der Waals surface area contributed by atoms with Gasteiger partial charge in [-0.05, 0) is 66.7 Å². The summed E-state index contributed by atoms with van der Waals surface area (Å²) in [6, 6.07) is 68.3. The minimum atomic E-state index is 0.674. The highest BCUT2D eigenvalue weighted by molar-refractivity contribution is 6.22. The number of hydrogen-bond acceptors (Lipinski definition) is 3. The van der Waals surface area contributed by atoms with Crippen LogP contribution in [-0.2, 0) is 0 Å². The van der Waals surface area contributed by atoms with E-state index in [1.165, 1.54) is 16.3 Å². The van der Waals surface area contributed by atoms with E-state index in [4.69, 9.17) is 14.4 Å². The fraction of sp³-hybridized carbons (Fsp3) is 0. The molecule has 0 aliphatic carbocycles. The van der Waals surface area contributed by atoms with Crippen LogP contribution in [0.15, 0.2) is 199 Å². The lowest BCUT2D eigenvalue weighted by Crippen LogP contribution is -1.98. The molecule has 0 fully saturated rings. The Balaban J connectivity index is 1.16. The predicted octanol–water partition coefficient (Wildman–Crippen LogP) is 13.6. The summed E-state index contributed by atoms with van der Waals surface area (Å²) in [5.41, 5.74) is 13.2. The van der Waals surface area contributed by atoms with Gasteiger partial charge in [0.05, 0.1) is 33.5 Å². The third-order valence-corrected chi connectivity index (χ3v) is 11.3. The summed E-state index contributed by atoms with van der Waals surface area (Å²) in [6.45, 7) is 0. The smallest absolute Gasteiger partial charge is 0.160 e. The number of benzene rings is 8. The van der Waals surface area contributed by atoms with Gasteiger partial charge in [-0.1, -0.05) is 127 Å². The quantitative estimate of drug-likeness (QED) is 0.177. The molecule has 0 atom stereocenters. The molecule has 12 rings (SSSR count). The van der Waals surface area contributed by atoms with E-state index in [9.17, 15) is 0 Å². The Morgan fingerprint density at radius 2 is 0.860 bits per heavy atom.